The molecule has 2 aromatic heterocycles. The van der Waals surface area contributed by atoms with Crippen molar-refractivity contribution in [2.24, 2.45) is 5.92 Å². The summed E-state index contributed by atoms with van der Waals surface area (Å²) in [6.07, 6.45) is 2.75. The highest BCUT2D eigenvalue weighted by Gasteiger charge is 2.24. The number of fused-ring (bicyclic) bond motifs is 1. The number of hydrogen-bond acceptors (Lipinski definition) is 4. The van der Waals surface area contributed by atoms with E-state index < -0.39 is 0 Å². The maximum Gasteiger partial charge on any atom is 0.253 e. The van der Waals surface area contributed by atoms with Crippen LogP contribution in [0, 0.1) is 12.8 Å². The number of carbonyl (C=O) groups excluding carboxylic acids is 1. The Hall–Kier alpha value is -1.37. The molecule has 0 radical (unpaired) electrons. The normalized spacial score (nSPS) is 20.0. The smallest absolute Gasteiger partial charge is 0.253 e. The maximum atomic E-state index is 12.7. The van der Waals surface area contributed by atoms with Crippen LogP contribution >= 0.6 is 24.8 Å². The monoisotopic (exact) mass is 387 g/mol. The zero-order chi connectivity index (χ0) is 16.6. The van der Waals surface area contributed by atoms with Crippen LogP contribution in [0.25, 0.3) is 11.0 Å². The molecule has 0 saturated carbocycles. The van der Waals surface area contributed by atoms with E-state index in [2.05, 4.69) is 41.5 Å². The number of nitrogens with one attached hydrogen (secondary N) is 2. The molecular formula is C17H27Cl2N5O. The van der Waals surface area contributed by atoms with Crippen molar-refractivity contribution in [3.63, 3.8) is 0 Å². The Morgan fingerprint density at radius 1 is 1.40 bits per heavy atom. The number of piperidine rings is 1. The van der Waals surface area contributed by atoms with Gasteiger partial charge < -0.3 is 10.6 Å². The summed E-state index contributed by atoms with van der Waals surface area (Å²) in [6, 6.07) is 2.37. The van der Waals surface area contributed by atoms with Crippen molar-refractivity contribution in [3.05, 3.63) is 23.5 Å². The van der Waals surface area contributed by atoms with E-state index in [1.54, 1.807) is 6.20 Å². The molecule has 2 unspecified atom stereocenters. The molecule has 1 amide bonds. The Balaban J connectivity index is 0.00000156. The van der Waals surface area contributed by atoms with E-state index in [0.29, 0.717) is 11.5 Å². The van der Waals surface area contributed by atoms with Gasteiger partial charge in [-0.2, -0.15) is 5.10 Å². The highest BCUT2D eigenvalue weighted by Crippen LogP contribution is 2.20. The van der Waals surface area contributed by atoms with Gasteiger partial charge in [0.1, 0.15) is 0 Å². The fourth-order valence-electron chi connectivity index (χ4n) is 3.15. The van der Waals surface area contributed by atoms with Crippen LogP contribution in [0.3, 0.4) is 0 Å². The van der Waals surface area contributed by atoms with Gasteiger partial charge in [-0.05, 0) is 52.3 Å². The first-order valence-electron chi connectivity index (χ1n) is 8.34. The minimum absolute atomic E-state index is 0. The maximum absolute atomic E-state index is 12.7. The summed E-state index contributed by atoms with van der Waals surface area (Å²) in [6.45, 7) is 10.1. The molecule has 1 fully saturated rings. The zero-order valence-electron chi connectivity index (χ0n) is 15.1. The van der Waals surface area contributed by atoms with E-state index in [1.165, 1.54) is 0 Å². The fourth-order valence-corrected chi connectivity index (χ4v) is 3.15. The molecule has 0 aromatic carbocycles. The molecule has 2 aromatic rings. The van der Waals surface area contributed by atoms with Crippen molar-refractivity contribution in [1.29, 1.82) is 0 Å². The van der Waals surface area contributed by atoms with Crippen LogP contribution in [0.15, 0.2) is 12.3 Å². The van der Waals surface area contributed by atoms with Gasteiger partial charge in [0.2, 0.25) is 0 Å². The Bertz CT molecular complexity index is 731. The molecule has 0 aliphatic carbocycles. The number of nitrogens with zero attached hydrogens (tertiary/aromatic N) is 3. The number of halogens is 2. The van der Waals surface area contributed by atoms with Crippen LogP contribution < -0.4 is 10.6 Å². The summed E-state index contributed by atoms with van der Waals surface area (Å²) in [7, 11) is 0. The van der Waals surface area contributed by atoms with Crippen molar-refractivity contribution in [2.75, 3.05) is 13.1 Å². The minimum atomic E-state index is -0.0343. The summed E-state index contributed by atoms with van der Waals surface area (Å²) in [5.74, 6) is 0.404. The molecule has 2 N–H and O–H groups in total. The van der Waals surface area contributed by atoms with Crippen LogP contribution in [0.2, 0.25) is 0 Å². The highest BCUT2D eigenvalue weighted by molar-refractivity contribution is 5.98. The summed E-state index contributed by atoms with van der Waals surface area (Å²) >= 11 is 0. The van der Waals surface area contributed by atoms with Gasteiger partial charge in [0, 0.05) is 17.5 Å². The van der Waals surface area contributed by atoms with Crippen molar-refractivity contribution < 1.29 is 4.79 Å². The van der Waals surface area contributed by atoms with Crippen LogP contribution in [0.4, 0.5) is 0 Å². The topological polar surface area (TPSA) is 71.8 Å². The summed E-state index contributed by atoms with van der Waals surface area (Å²) < 4.78 is 1.89. The lowest BCUT2D eigenvalue weighted by molar-refractivity contribution is 0.0913. The van der Waals surface area contributed by atoms with E-state index in [9.17, 15) is 4.79 Å². The molecule has 6 nitrogen and oxygen atoms in total. The molecular weight excluding hydrogens is 361 g/mol. The van der Waals surface area contributed by atoms with Gasteiger partial charge in [-0.3, -0.25) is 4.79 Å². The van der Waals surface area contributed by atoms with Gasteiger partial charge in [-0.25, -0.2) is 9.67 Å². The Morgan fingerprint density at radius 3 is 2.76 bits per heavy atom. The number of pyridine rings is 1. The van der Waals surface area contributed by atoms with Crippen molar-refractivity contribution in [1.82, 2.24) is 25.4 Å². The molecule has 140 valence electrons. The number of rotatable bonds is 3. The largest absolute Gasteiger partial charge is 0.349 e. The third-order valence-corrected chi connectivity index (χ3v) is 4.60. The molecule has 8 heteroatoms. The zero-order valence-corrected chi connectivity index (χ0v) is 16.7. The Kier molecular flexibility index (Phi) is 7.65. The standard InChI is InChI=1S/C17H25N5O.2ClH/c1-10(2)22-16-13(9-19-22)7-14(12(4)20-16)17(23)21-15-5-6-18-8-11(15)3;;/h7,9-11,15,18H,5-6,8H2,1-4H3,(H,21,23);2*1H. The van der Waals surface area contributed by atoms with Gasteiger partial charge in [0.05, 0.1) is 17.5 Å². The van der Waals surface area contributed by atoms with E-state index in [-0.39, 0.29) is 42.8 Å². The van der Waals surface area contributed by atoms with Crippen molar-refractivity contribution in [2.45, 2.75) is 46.2 Å². The molecule has 25 heavy (non-hydrogen) atoms. The Morgan fingerprint density at radius 2 is 2.12 bits per heavy atom. The van der Waals surface area contributed by atoms with Gasteiger partial charge in [0.15, 0.2) is 5.65 Å². The number of aromatic nitrogens is 3. The van der Waals surface area contributed by atoms with Gasteiger partial charge in [-0.15, -0.1) is 24.8 Å². The fraction of sp³-hybridized carbons (Fsp3) is 0.588. The molecule has 1 aliphatic heterocycles. The first-order chi connectivity index (χ1) is 11.0. The van der Waals surface area contributed by atoms with Gasteiger partial charge in [-0.1, -0.05) is 6.92 Å². The molecule has 3 rings (SSSR count). The van der Waals surface area contributed by atoms with Crippen LogP contribution in [-0.4, -0.2) is 39.8 Å². The predicted octanol–water partition coefficient (Wildman–Crippen LogP) is 2.89. The average molecular weight is 388 g/mol. The summed E-state index contributed by atoms with van der Waals surface area (Å²) in [5.41, 5.74) is 2.23. The molecule has 1 saturated heterocycles. The molecule has 0 bridgehead atoms. The lowest BCUT2D eigenvalue weighted by Gasteiger charge is -2.30. The number of hydrogen-bond donors (Lipinski definition) is 2. The third-order valence-electron chi connectivity index (χ3n) is 4.60. The van der Waals surface area contributed by atoms with Gasteiger partial charge >= 0.3 is 0 Å². The lowest BCUT2D eigenvalue weighted by atomic mass is 9.95. The highest BCUT2D eigenvalue weighted by atomic mass is 35.5. The molecule has 3 heterocycles. The van der Waals surface area contributed by atoms with E-state index >= 15 is 0 Å². The second kappa shape index (κ2) is 8.83. The van der Waals surface area contributed by atoms with Crippen LogP contribution in [-0.2, 0) is 0 Å². The molecule has 1 aliphatic rings. The third kappa shape index (κ3) is 4.43. The molecule has 0 spiro atoms. The Labute approximate surface area is 161 Å². The van der Waals surface area contributed by atoms with Crippen LogP contribution in [0.5, 0.6) is 0 Å². The van der Waals surface area contributed by atoms with Crippen molar-refractivity contribution in [3.8, 4) is 0 Å². The summed E-state index contributed by atoms with van der Waals surface area (Å²) in [5, 5.41) is 11.8. The van der Waals surface area contributed by atoms with E-state index in [4.69, 9.17) is 0 Å². The van der Waals surface area contributed by atoms with E-state index in [1.807, 2.05) is 17.7 Å². The SMILES string of the molecule is Cc1nc2c(cnn2C(C)C)cc1C(=O)NC1CCNCC1C.Cl.Cl. The number of aryl methyl sites for hydroxylation is 1. The summed E-state index contributed by atoms with van der Waals surface area (Å²) in [4.78, 5) is 17.3. The van der Waals surface area contributed by atoms with E-state index in [0.717, 1.165) is 36.2 Å². The number of amides is 1. The quantitative estimate of drug-likeness (QED) is 0.848. The first kappa shape index (κ1) is 21.7. The van der Waals surface area contributed by atoms with Crippen molar-refractivity contribution >= 4 is 41.8 Å². The predicted molar refractivity (Wildman–Crippen MR) is 105 cm³/mol. The second-order valence-corrected chi connectivity index (χ2v) is 6.77. The minimum Gasteiger partial charge on any atom is -0.349 e. The lowest BCUT2D eigenvalue weighted by Crippen LogP contribution is -2.48. The number of carbonyl (C=O) groups is 1. The van der Waals surface area contributed by atoms with Gasteiger partial charge in [0.25, 0.3) is 5.91 Å². The average Bonchev–Trinajstić information content (AvgIpc) is 2.91. The first-order valence-corrected chi connectivity index (χ1v) is 8.34. The molecule has 2 atom stereocenters. The van der Waals surface area contributed by atoms with Crippen LogP contribution in [0.1, 0.15) is 49.3 Å². The second-order valence-electron chi connectivity index (χ2n) is 6.77.